The Morgan fingerprint density at radius 1 is 0.782 bits per heavy atom. The van der Waals surface area contributed by atoms with E-state index in [0.717, 1.165) is 22.4 Å². The number of benzene rings is 2. The van der Waals surface area contributed by atoms with Crippen molar-refractivity contribution < 1.29 is 43.3 Å². The number of amides is 3. The second-order valence-electron chi connectivity index (χ2n) is 15.1. The molecule has 0 fully saturated rings. The molecule has 3 aromatic rings. The van der Waals surface area contributed by atoms with Crippen LogP contribution in [-0.2, 0) is 41.4 Å². The van der Waals surface area contributed by atoms with Gasteiger partial charge in [0, 0.05) is 6.20 Å². The molecule has 0 aliphatic carbocycles. The number of carbonyl (C=O) groups excluding carboxylic acids is 5. The molecule has 0 spiro atoms. The molecule has 1 heterocycles. The van der Waals surface area contributed by atoms with Gasteiger partial charge in [-0.25, -0.2) is 4.79 Å². The van der Waals surface area contributed by atoms with Gasteiger partial charge in [-0.3, -0.25) is 4.98 Å². The van der Waals surface area contributed by atoms with Crippen LogP contribution in [0.5, 0.6) is 0 Å². The van der Waals surface area contributed by atoms with Crippen LogP contribution in [0.2, 0.25) is 4.71 Å². The molecule has 4 N–H and O–H groups in total. The summed E-state index contributed by atoms with van der Waals surface area (Å²) in [6.07, 6.45) is 0.297. The number of hydrogen-bond donors (Lipinski definition) is 4. The second-order valence-corrected chi connectivity index (χ2v) is 17.5. The maximum absolute atomic E-state index is 14.2. The van der Waals surface area contributed by atoms with Crippen molar-refractivity contribution in [3.8, 4) is 11.3 Å². The molecule has 0 aliphatic heterocycles. The number of methoxy groups -OCH3 is 2. The molecular formula is C41H54AsN4O9. The van der Waals surface area contributed by atoms with Crippen LogP contribution in [0.4, 0.5) is 9.59 Å². The van der Waals surface area contributed by atoms with Crippen molar-refractivity contribution in [1.82, 2.24) is 20.9 Å². The van der Waals surface area contributed by atoms with E-state index in [0.29, 0.717) is 6.42 Å². The van der Waals surface area contributed by atoms with Gasteiger partial charge in [0.05, 0.1) is 12.8 Å². The van der Waals surface area contributed by atoms with Crippen LogP contribution in [-0.4, -0.2) is 99.5 Å². The van der Waals surface area contributed by atoms with Gasteiger partial charge in [-0.2, -0.15) is 0 Å². The molecule has 55 heavy (non-hydrogen) atoms. The Labute approximate surface area is 330 Å². The van der Waals surface area contributed by atoms with E-state index in [-0.39, 0.29) is 19.4 Å². The number of pyridine rings is 1. The molecule has 297 valence electrons. The van der Waals surface area contributed by atoms with E-state index in [1.54, 1.807) is 20.0 Å². The van der Waals surface area contributed by atoms with Crippen molar-refractivity contribution in [1.29, 1.82) is 0 Å². The fraction of sp³-hybridized carbons (Fsp3) is 0.463. The molecule has 0 saturated heterocycles. The molecule has 3 rings (SSSR count). The fourth-order valence-electron chi connectivity index (χ4n) is 5.94. The first-order chi connectivity index (χ1) is 25.9. The monoisotopic (exact) mass is 821 g/mol. The number of ether oxygens (including phenoxy) is 3. The van der Waals surface area contributed by atoms with Crippen molar-refractivity contribution >= 4 is 44.4 Å². The molecule has 0 saturated carbocycles. The van der Waals surface area contributed by atoms with E-state index in [2.05, 4.69) is 20.9 Å². The quantitative estimate of drug-likeness (QED) is 0.0785. The summed E-state index contributed by atoms with van der Waals surface area (Å²) in [7, 11) is 2.47. The Morgan fingerprint density at radius 3 is 1.98 bits per heavy atom. The van der Waals surface area contributed by atoms with E-state index in [9.17, 15) is 29.1 Å². The number of rotatable bonds is 18. The van der Waals surface area contributed by atoms with Crippen molar-refractivity contribution in [2.24, 2.45) is 10.8 Å². The number of alkyl carbamates (subject to hydrolysis) is 1. The summed E-state index contributed by atoms with van der Waals surface area (Å²) in [5, 5.41) is 20.7. The third kappa shape index (κ3) is 14.4. The topological polar surface area (TPSA) is 182 Å². The Bertz CT molecular complexity index is 1720. The van der Waals surface area contributed by atoms with Gasteiger partial charge in [-0.05, 0) is 12.1 Å². The molecule has 1 radical (unpaired) electrons. The van der Waals surface area contributed by atoms with Crippen LogP contribution >= 0.6 is 0 Å². The van der Waals surface area contributed by atoms with Crippen LogP contribution in [0.1, 0.15) is 59.1 Å². The molecule has 13 nitrogen and oxygen atoms in total. The Kier molecular flexibility index (Phi) is 16.9. The zero-order valence-electron chi connectivity index (χ0n) is 32.8. The van der Waals surface area contributed by atoms with Gasteiger partial charge in [0.2, 0.25) is 0 Å². The van der Waals surface area contributed by atoms with Gasteiger partial charge in [0.15, 0.2) is 0 Å². The predicted molar refractivity (Wildman–Crippen MR) is 209 cm³/mol. The normalized spacial score (nSPS) is 14.5. The Hall–Kier alpha value is -4.74. The summed E-state index contributed by atoms with van der Waals surface area (Å²) in [4.78, 5) is 69.0. The molecule has 3 amide bonds. The van der Waals surface area contributed by atoms with Crippen LogP contribution in [0, 0.1) is 10.8 Å². The first-order valence-electron chi connectivity index (χ1n) is 18.0. The average Bonchev–Trinajstić information content (AvgIpc) is 3.15. The number of hydrogen-bond acceptors (Lipinski definition) is 10. The first kappa shape index (κ1) is 44.7. The van der Waals surface area contributed by atoms with E-state index < -0.39 is 84.2 Å². The van der Waals surface area contributed by atoms with Crippen LogP contribution in [0.15, 0.2) is 79.0 Å². The molecular weight excluding hydrogens is 767 g/mol. The van der Waals surface area contributed by atoms with Crippen molar-refractivity contribution in [2.45, 2.75) is 89.7 Å². The molecule has 0 bridgehead atoms. The standard InChI is InChI=1S/C41H54AsN4O9/c1-26(47)55-25-41(5,6)34(42-38(51)53-7)36(49)45-32(23-27-14-10-9-11-15-27)33(48)24-30(44-37(50)35(40(2,3)4)46-39(52)54-8)22-28-17-19-29(20-18-28)31-16-12-13-21-43-31/h9-21,30,32-35,48H,22-25H2,1-8H3,(H,44,50)(H,45,49)(H,46,52)/t30-,32-,33-,34+,35+/m0/s1. The van der Waals surface area contributed by atoms with Crippen molar-refractivity contribution in [3.05, 3.63) is 90.1 Å². The van der Waals surface area contributed by atoms with E-state index in [1.165, 1.54) is 21.1 Å². The maximum atomic E-state index is 14.2. The van der Waals surface area contributed by atoms with Gasteiger partial charge in [0.1, 0.15) is 0 Å². The Morgan fingerprint density at radius 2 is 1.42 bits per heavy atom. The number of aromatic nitrogens is 1. The number of esters is 1. The van der Waals surface area contributed by atoms with Gasteiger partial charge in [0.25, 0.3) is 0 Å². The summed E-state index contributed by atoms with van der Waals surface area (Å²) < 4.78 is 13.6. The number of nitrogens with one attached hydrogen (secondary N) is 3. The van der Waals surface area contributed by atoms with Crippen LogP contribution < -0.4 is 16.0 Å². The molecule has 1 aromatic heterocycles. The predicted octanol–water partition coefficient (Wildman–Crippen LogP) is 4.87. The van der Waals surface area contributed by atoms with Gasteiger partial charge in [-0.1, -0.05) is 6.07 Å². The van der Waals surface area contributed by atoms with Gasteiger partial charge in [-0.15, -0.1) is 0 Å². The van der Waals surface area contributed by atoms with Gasteiger partial charge < -0.3 is 4.74 Å². The van der Waals surface area contributed by atoms with Crippen molar-refractivity contribution in [2.75, 3.05) is 20.8 Å². The van der Waals surface area contributed by atoms with E-state index in [4.69, 9.17) is 14.2 Å². The number of aliphatic hydroxyl groups is 1. The zero-order chi connectivity index (χ0) is 40.8. The summed E-state index contributed by atoms with van der Waals surface area (Å²) in [5.41, 5.74) is 1.77. The van der Waals surface area contributed by atoms with E-state index in [1.807, 2.05) is 93.6 Å². The third-order valence-electron chi connectivity index (χ3n) is 8.98. The average molecular weight is 822 g/mol. The minimum absolute atomic E-state index is 0.00677. The number of carbonyl (C=O) groups is 5. The first-order valence-corrected chi connectivity index (χ1v) is 20.1. The van der Waals surface area contributed by atoms with Crippen molar-refractivity contribution in [3.63, 3.8) is 0 Å². The molecule has 14 heteroatoms. The third-order valence-corrected chi connectivity index (χ3v) is 12.3. The fourth-order valence-corrected chi connectivity index (χ4v) is 7.90. The van der Waals surface area contributed by atoms with E-state index >= 15 is 0 Å². The number of nitrogens with zero attached hydrogens (tertiary/aromatic N) is 1. The Balaban J connectivity index is 1.99. The molecule has 2 aromatic carbocycles. The number of aliphatic hydroxyl groups excluding tert-OH is 1. The van der Waals surface area contributed by atoms with Crippen LogP contribution in [0.3, 0.4) is 0 Å². The van der Waals surface area contributed by atoms with Crippen LogP contribution in [0.25, 0.3) is 11.3 Å². The second kappa shape index (κ2) is 20.8. The summed E-state index contributed by atoms with van der Waals surface area (Å²) in [6, 6.07) is 20.2. The zero-order valence-corrected chi connectivity index (χ0v) is 34.7. The molecule has 0 unspecified atom stereocenters. The summed E-state index contributed by atoms with van der Waals surface area (Å²) >= 11 is -1.36. The summed E-state index contributed by atoms with van der Waals surface area (Å²) in [5.74, 6) is -1.49. The summed E-state index contributed by atoms with van der Waals surface area (Å²) in [6.45, 7) is 10.1. The molecule has 5 atom stereocenters. The molecule has 0 aliphatic rings. The van der Waals surface area contributed by atoms with Gasteiger partial charge >= 0.3 is 280 Å². The SMILES string of the molecule is COC(=O)N[C@H](C(=O)N[C@@H](Cc1ccc(-c2ccccn2)cc1)C[C@H](O)[C@H](Cc1ccccc1)NC(=O)[C@@H]([As]C(=O)OC)C(C)(C)COC(C)=O)C(C)(C)C. The minimum atomic E-state index is -1.36.